The molecule has 1 saturated carbocycles. The molecule has 0 saturated heterocycles. The maximum Gasteiger partial charge on any atom is 0.305 e. The van der Waals surface area contributed by atoms with Crippen LogP contribution in [-0.4, -0.2) is 22.3 Å². The van der Waals surface area contributed by atoms with E-state index >= 15 is 0 Å². The Bertz CT molecular complexity index is 179. The van der Waals surface area contributed by atoms with Crippen LogP contribution in [-0.2, 0) is 4.79 Å². The molecule has 3 atom stereocenters. The molecule has 3 unspecified atom stereocenters. The number of aliphatic carboxylic acids is 1. The average molecular weight is 186 g/mol. The van der Waals surface area contributed by atoms with E-state index in [-0.39, 0.29) is 12.3 Å². The van der Waals surface area contributed by atoms with Gasteiger partial charge in [-0.15, -0.1) is 0 Å². The molecular formula is C10H18O3. The molecule has 0 amide bonds. The lowest BCUT2D eigenvalue weighted by atomic mass is 9.79. The molecule has 0 aliphatic heterocycles. The van der Waals surface area contributed by atoms with Gasteiger partial charge in [-0.2, -0.15) is 0 Å². The third-order valence-corrected chi connectivity index (χ3v) is 2.90. The molecule has 0 aromatic rings. The summed E-state index contributed by atoms with van der Waals surface area (Å²) < 4.78 is 0. The number of rotatable bonds is 3. The van der Waals surface area contributed by atoms with Gasteiger partial charge in [0.2, 0.25) is 0 Å². The summed E-state index contributed by atoms with van der Waals surface area (Å²) in [5.41, 5.74) is 0. The first kappa shape index (κ1) is 10.5. The van der Waals surface area contributed by atoms with Crippen molar-refractivity contribution in [2.24, 2.45) is 11.8 Å². The van der Waals surface area contributed by atoms with Crippen molar-refractivity contribution in [1.82, 2.24) is 0 Å². The zero-order chi connectivity index (χ0) is 9.84. The van der Waals surface area contributed by atoms with Crippen molar-refractivity contribution < 1.29 is 15.0 Å². The van der Waals surface area contributed by atoms with E-state index in [9.17, 15) is 9.90 Å². The van der Waals surface area contributed by atoms with E-state index in [2.05, 4.69) is 6.92 Å². The Kier molecular flexibility index (Phi) is 3.72. The number of carboxylic acids is 1. The van der Waals surface area contributed by atoms with E-state index in [1.165, 1.54) is 6.42 Å². The van der Waals surface area contributed by atoms with Crippen LogP contribution in [0.5, 0.6) is 0 Å². The summed E-state index contributed by atoms with van der Waals surface area (Å²) in [6.07, 6.45) is 3.57. The molecule has 0 bridgehead atoms. The van der Waals surface area contributed by atoms with E-state index < -0.39 is 12.1 Å². The fraction of sp³-hybridized carbons (Fsp3) is 0.900. The van der Waals surface area contributed by atoms with Crippen LogP contribution in [0.15, 0.2) is 0 Å². The molecule has 0 radical (unpaired) electrons. The van der Waals surface area contributed by atoms with Crippen LogP contribution in [0.25, 0.3) is 0 Å². The maximum atomic E-state index is 10.4. The lowest BCUT2D eigenvalue weighted by Crippen LogP contribution is -2.27. The standard InChI is InChI=1S/C10H18O3/c1-7-3-2-4-8(5-7)9(11)6-10(12)13/h7-9,11H,2-6H2,1H3,(H,12,13). The van der Waals surface area contributed by atoms with Crippen molar-refractivity contribution in [2.45, 2.75) is 45.1 Å². The zero-order valence-electron chi connectivity index (χ0n) is 8.07. The van der Waals surface area contributed by atoms with Gasteiger partial charge in [-0.25, -0.2) is 0 Å². The number of hydrogen-bond acceptors (Lipinski definition) is 2. The Morgan fingerprint density at radius 2 is 2.23 bits per heavy atom. The highest BCUT2D eigenvalue weighted by molar-refractivity contribution is 5.67. The van der Waals surface area contributed by atoms with Gasteiger partial charge < -0.3 is 10.2 Å². The lowest BCUT2D eigenvalue weighted by Gasteiger charge is -2.29. The van der Waals surface area contributed by atoms with E-state index in [1.807, 2.05) is 0 Å². The third-order valence-electron chi connectivity index (χ3n) is 2.90. The number of aliphatic hydroxyl groups is 1. The average Bonchev–Trinajstić information content (AvgIpc) is 2.03. The first-order valence-corrected chi connectivity index (χ1v) is 4.99. The van der Waals surface area contributed by atoms with Crippen LogP contribution in [0.3, 0.4) is 0 Å². The highest BCUT2D eigenvalue weighted by Gasteiger charge is 2.26. The Morgan fingerprint density at radius 3 is 2.77 bits per heavy atom. The van der Waals surface area contributed by atoms with Crippen LogP contribution in [0.2, 0.25) is 0 Å². The molecule has 1 rings (SSSR count). The summed E-state index contributed by atoms with van der Waals surface area (Å²) in [4.78, 5) is 10.4. The van der Waals surface area contributed by atoms with Crippen molar-refractivity contribution in [3.8, 4) is 0 Å². The van der Waals surface area contributed by atoms with Gasteiger partial charge in [-0.05, 0) is 24.7 Å². The molecule has 3 heteroatoms. The second-order valence-electron chi connectivity index (χ2n) is 4.20. The summed E-state index contributed by atoms with van der Waals surface area (Å²) in [7, 11) is 0. The van der Waals surface area contributed by atoms with Gasteiger partial charge in [0.05, 0.1) is 12.5 Å². The Morgan fingerprint density at radius 1 is 1.54 bits per heavy atom. The van der Waals surface area contributed by atoms with E-state index in [4.69, 9.17) is 5.11 Å². The van der Waals surface area contributed by atoms with Crippen LogP contribution >= 0.6 is 0 Å². The van der Waals surface area contributed by atoms with Crippen LogP contribution in [0.4, 0.5) is 0 Å². The van der Waals surface area contributed by atoms with Gasteiger partial charge in [0.25, 0.3) is 0 Å². The number of carboxylic acid groups (broad SMARTS) is 1. The molecule has 1 aliphatic rings. The fourth-order valence-electron chi connectivity index (χ4n) is 2.18. The first-order valence-electron chi connectivity index (χ1n) is 4.99. The minimum absolute atomic E-state index is 0.0998. The largest absolute Gasteiger partial charge is 0.481 e. The SMILES string of the molecule is CC1CCCC(C(O)CC(=O)O)C1. The third kappa shape index (κ3) is 3.35. The zero-order valence-corrected chi connectivity index (χ0v) is 8.07. The van der Waals surface area contributed by atoms with Gasteiger partial charge in [-0.3, -0.25) is 4.79 Å². The van der Waals surface area contributed by atoms with Crippen molar-refractivity contribution >= 4 is 5.97 Å². The van der Waals surface area contributed by atoms with Crippen molar-refractivity contribution in [2.75, 3.05) is 0 Å². The van der Waals surface area contributed by atoms with Crippen molar-refractivity contribution in [3.63, 3.8) is 0 Å². The molecule has 0 heterocycles. The Hall–Kier alpha value is -0.570. The normalized spacial score (nSPS) is 31.2. The first-order chi connectivity index (χ1) is 6.09. The molecule has 0 aromatic heterocycles. The topological polar surface area (TPSA) is 57.5 Å². The summed E-state index contributed by atoms with van der Waals surface area (Å²) in [6, 6.07) is 0. The second-order valence-corrected chi connectivity index (χ2v) is 4.20. The van der Waals surface area contributed by atoms with Gasteiger partial charge in [0.15, 0.2) is 0 Å². The van der Waals surface area contributed by atoms with Gasteiger partial charge in [0, 0.05) is 0 Å². The molecular weight excluding hydrogens is 168 g/mol. The molecule has 0 spiro atoms. The summed E-state index contributed by atoms with van der Waals surface area (Å²) in [5, 5.41) is 18.1. The monoisotopic (exact) mass is 186 g/mol. The quantitative estimate of drug-likeness (QED) is 0.704. The summed E-state index contributed by atoms with van der Waals surface area (Å²) in [6.45, 7) is 2.17. The highest BCUT2D eigenvalue weighted by Crippen LogP contribution is 2.31. The van der Waals surface area contributed by atoms with Crippen molar-refractivity contribution in [1.29, 1.82) is 0 Å². The number of carbonyl (C=O) groups is 1. The summed E-state index contributed by atoms with van der Waals surface area (Å²) >= 11 is 0. The molecule has 1 aliphatic carbocycles. The molecule has 76 valence electrons. The van der Waals surface area contributed by atoms with E-state index in [0.29, 0.717) is 5.92 Å². The van der Waals surface area contributed by atoms with Gasteiger partial charge in [0.1, 0.15) is 0 Å². The molecule has 2 N–H and O–H groups in total. The van der Waals surface area contributed by atoms with Crippen molar-refractivity contribution in [3.05, 3.63) is 0 Å². The van der Waals surface area contributed by atoms with E-state index in [1.54, 1.807) is 0 Å². The summed E-state index contributed by atoms with van der Waals surface area (Å²) in [5.74, 6) is -0.0484. The Labute approximate surface area is 78.8 Å². The predicted molar refractivity (Wildman–Crippen MR) is 49.4 cm³/mol. The molecule has 13 heavy (non-hydrogen) atoms. The molecule has 1 fully saturated rings. The number of hydrogen-bond donors (Lipinski definition) is 2. The van der Waals surface area contributed by atoms with E-state index in [0.717, 1.165) is 19.3 Å². The lowest BCUT2D eigenvalue weighted by molar-refractivity contribution is -0.140. The van der Waals surface area contributed by atoms with Crippen LogP contribution in [0.1, 0.15) is 39.0 Å². The minimum Gasteiger partial charge on any atom is -0.481 e. The van der Waals surface area contributed by atoms with Gasteiger partial charge >= 0.3 is 5.97 Å². The van der Waals surface area contributed by atoms with Crippen LogP contribution < -0.4 is 0 Å². The van der Waals surface area contributed by atoms with Gasteiger partial charge in [-0.1, -0.05) is 19.8 Å². The molecule has 0 aromatic carbocycles. The molecule has 3 nitrogen and oxygen atoms in total. The Balaban J connectivity index is 2.36. The second kappa shape index (κ2) is 4.61. The van der Waals surface area contributed by atoms with Crippen LogP contribution in [0, 0.1) is 11.8 Å². The minimum atomic E-state index is -0.897. The maximum absolute atomic E-state index is 10.4. The number of aliphatic hydroxyl groups excluding tert-OH is 1. The smallest absolute Gasteiger partial charge is 0.305 e. The predicted octanol–water partition coefficient (Wildman–Crippen LogP) is 1.65. The highest BCUT2D eigenvalue weighted by atomic mass is 16.4. The fourth-order valence-corrected chi connectivity index (χ4v) is 2.18.